The molecule has 0 spiro atoms. The molecule has 154 valence electrons. The Morgan fingerprint density at radius 3 is 2.69 bits per heavy atom. The van der Waals surface area contributed by atoms with Gasteiger partial charge in [0.2, 0.25) is 21.1 Å². The summed E-state index contributed by atoms with van der Waals surface area (Å²) in [4.78, 5) is 12.2. The molecule has 3 aromatic rings. The fourth-order valence-corrected chi connectivity index (χ4v) is 4.43. The number of amides is 1. The number of anilines is 1. The largest absolute Gasteiger partial charge is 0.467 e. The van der Waals surface area contributed by atoms with E-state index in [4.69, 9.17) is 9.56 Å². The summed E-state index contributed by atoms with van der Waals surface area (Å²) in [7, 11) is -3.74. The van der Waals surface area contributed by atoms with E-state index in [-0.39, 0.29) is 22.6 Å². The quantitative estimate of drug-likeness (QED) is 0.419. The van der Waals surface area contributed by atoms with Crippen molar-refractivity contribution in [2.24, 2.45) is 5.14 Å². The average molecular weight is 454 g/mol. The topological polar surface area (TPSA) is 140 Å². The van der Waals surface area contributed by atoms with Crippen molar-refractivity contribution in [3.8, 4) is 0 Å². The Morgan fingerprint density at radius 2 is 2.03 bits per heavy atom. The van der Waals surface area contributed by atoms with Crippen LogP contribution in [0.25, 0.3) is 0 Å². The summed E-state index contributed by atoms with van der Waals surface area (Å²) in [5, 5.41) is 19.8. The first-order valence-electron chi connectivity index (χ1n) is 8.46. The van der Waals surface area contributed by atoms with Crippen molar-refractivity contribution < 1.29 is 17.6 Å². The molecule has 3 rings (SSSR count). The van der Waals surface area contributed by atoms with Gasteiger partial charge in [0.25, 0.3) is 0 Å². The number of nitrogens with two attached hydrogens (primary N) is 1. The summed E-state index contributed by atoms with van der Waals surface area (Å²) in [6.45, 7) is 2.32. The lowest BCUT2D eigenvalue weighted by Gasteiger charge is -2.14. The number of carbonyl (C=O) groups excluding carboxylic acids is 1. The van der Waals surface area contributed by atoms with Crippen LogP contribution in [0.2, 0.25) is 0 Å². The summed E-state index contributed by atoms with van der Waals surface area (Å²) >= 11 is 2.64. The first-order valence-corrected chi connectivity index (χ1v) is 11.8. The molecule has 0 saturated heterocycles. The predicted molar refractivity (Wildman–Crippen MR) is 111 cm³/mol. The van der Waals surface area contributed by atoms with Gasteiger partial charge in [-0.1, -0.05) is 35.2 Å². The Hall–Kier alpha value is -2.41. The minimum atomic E-state index is -3.74. The smallest absolute Gasteiger partial charge is 0.238 e. The lowest BCUT2D eigenvalue weighted by molar-refractivity contribution is -0.119. The second-order valence-corrected chi connectivity index (χ2v) is 9.76. The molecule has 1 unspecified atom stereocenters. The molecule has 1 atom stereocenters. The van der Waals surface area contributed by atoms with Crippen molar-refractivity contribution in [1.82, 2.24) is 15.5 Å². The standard InChI is InChI=1S/C17H19N5O4S3/c1-11(12-4-6-14(7-5-12)29(18,24)25)20-15(23)10-27-17-22-21-16(28-17)19-9-13-3-2-8-26-13/h2-8,11H,9-10H2,1H3,(H,19,21)(H,20,23)(H2,18,24,25). The Balaban J connectivity index is 1.46. The van der Waals surface area contributed by atoms with E-state index in [1.54, 1.807) is 18.4 Å². The summed E-state index contributed by atoms with van der Waals surface area (Å²) in [5.41, 5.74) is 0.774. The highest BCUT2D eigenvalue weighted by Gasteiger charge is 2.13. The average Bonchev–Trinajstić information content (AvgIpc) is 3.36. The van der Waals surface area contributed by atoms with E-state index >= 15 is 0 Å². The minimum Gasteiger partial charge on any atom is -0.467 e. The zero-order valence-electron chi connectivity index (χ0n) is 15.4. The number of thioether (sulfide) groups is 1. The monoisotopic (exact) mass is 453 g/mol. The van der Waals surface area contributed by atoms with Gasteiger partial charge in [-0.05, 0) is 36.8 Å². The zero-order chi connectivity index (χ0) is 20.9. The van der Waals surface area contributed by atoms with E-state index in [9.17, 15) is 13.2 Å². The summed E-state index contributed by atoms with van der Waals surface area (Å²) in [5.74, 6) is 0.810. The predicted octanol–water partition coefficient (Wildman–Crippen LogP) is 2.36. The van der Waals surface area contributed by atoms with E-state index in [0.29, 0.717) is 16.0 Å². The number of primary sulfonamides is 1. The minimum absolute atomic E-state index is 0.0306. The highest BCUT2D eigenvalue weighted by molar-refractivity contribution is 8.01. The molecule has 4 N–H and O–H groups in total. The molecule has 0 radical (unpaired) electrons. The van der Waals surface area contributed by atoms with Gasteiger partial charge in [0.15, 0.2) is 4.34 Å². The number of sulfonamides is 1. The number of furan rings is 1. The third-order valence-electron chi connectivity index (χ3n) is 3.81. The van der Waals surface area contributed by atoms with Gasteiger partial charge in [-0.25, -0.2) is 13.6 Å². The highest BCUT2D eigenvalue weighted by Crippen LogP contribution is 2.26. The molecule has 9 nitrogen and oxygen atoms in total. The van der Waals surface area contributed by atoms with Gasteiger partial charge < -0.3 is 15.1 Å². The van der Waals surface area contributed by atoms with E-state index in [0.717, 1.165) is 11.3 Å². The van der Waals surface area contributed by atoms with Crippen molar-refractivity contribution in [3.05, 3.63) is 54.0 Å². The lowest BCUT2D eigenvalue weighted by Crippen LogP contribution is -2.28. The number of hydrogen-bond donors (Lipinski definition) is 3. The Morgan fingerprint density at radius 1 is 1.28 bits per heavy atom. The van der Waals surface area contributed by atoms with E-state index < -0.39 is 10.0 Å². The second-order valence-electron chi connectivity index (χ2n) is 6.00. The van der Waals surface area contributed by atoms with Crippen LogP contribution in [0.1, 0.15) is 24.3 Å². The van der Waals surface area contributed by atoms with Crippen molar-refractivity contribution >= 4 is 44.2 Å². The molecule has 1 aromatic carbocycles. The molecule has 0 saturated carbocycles. The third-order valence-corrected chi connectivity index (χ3v) is 6.76. The van der Waals surface area contributed by atoms with Crippen molar-refractivity contribution in [3.63, 3.8) is 0 Å². The van der Waals surface area contributed by atoms with Crippen LogP contribution in [0.15, 0.2) is 56.3 Å². The fourth-order valence-electron chi connectivity index (χ4n) is 2.36. The maximum atomic E-state index is 12.2. The van der Waals surface area contributed by atoms with Gasteiger partial charge in [-0.3, -0.25) is 4.79 Å². The lowest BCUT2D eigenvalue weighted by atomic mass is 10.1. The number of nitrogens with one attached hydrogen (secondary N) is 2. The zero-order valence-corrected chi connectivity index (χ0v) is 17.8. The van der Waals surface area contributed by atoms with Gasteiger partial charge in [0.1, 0.15) is 5.76 Å². The maximum absolute atomic E-state index is 12.2. The second kappa shape index (κ2) is 9.39. The van der Waals surface area contributed by atoms with Crippen molar-refractivity contribution in [1.29, 1.82) is 0 Å². The Kier molecular flexibility index (Phi) is 6.90. The molecular weight excluding hydrogens is 434 g/mol. The van der Waals surface area contributed by atoms with Crippen LogP contribution in [0.5, 0.6) is 0 Å². The SMILES string of the molecule is CC(NC(=O)CSc1nnc(NCc2ccco2)s1)c1ccc(S(N)(=O)=O)cc1. The van der Waals surface area contributed by atoms with E-state index in [1.165, 1.54) is 35.2 Å². The molecule has 29 heavy (non-hydrogen) atoms. The van der Waals surface area contributed by atoms with Crippen LogP contribution in [-0.4, -0.2) is 30.3 Å². The van der Waals surface area contributed by atoms with Gasteiger partial charge in [-0.15, -0.1) is 10.2 Å². The van der Waals surface area contributed by atoms with Crippen LogP contribution in [0.3, 0.4) is 0 Å². The Labute approximate surface area is 176 Å². The number of benzene rings is 1. The van der Waals surface area contributed by atoms with Gasteiger partial charge >= 0.3 is 0 Å². The first kappa shape index (κ1) is 21.3. The normalized spacial score (nSPS) is 12.5. The summed E-state index contributed by atoms with van der Waals surface area (Å²) < 4.78 is 28.5. The molecular formula is C17H19N5O4S3. The van der Waals surface area contributed by atoms with Crippen LogP contribution in [0.4, 0.5) is 5.13 Å². The molecule has 1 amide bonds. The third kappa shape index (κ3) is 6.29. The van der Waals surface area contributed by atoms with Gasteiger partial charge in [-0.2, -0.15) is 0 Å². The molecule has 0 fully saturated rings. The van der Waals surface area contributed by atoms with Gasteiger partial charge in [0, 0.05) is 0 Å². The number of nitrogens with zero attached hydrogens (tertiary/aromatic N) is 2. The Bertz CT molecular complexity index is 1050. The van der Waals surface area contributed by atoms with E-state index in [2.05, 4.69) is 20.8 Å². The number of aromatic nitrogens is 2. The number of rotatable bonds is 9. The maximum Gasteiger partial charge on any atom is 0.238 e. The molecule has 0 aliphatic rings. The fraction of sp³-hybridized carbons (Fsp3) is 0.235. The highest BCUT2D eigenvalue weighted by atomic mass is 32.2. The van der Waals surface area contributed by atoms with Crippen LogP contribution >= 0.6 is 23.1 Å². The van der Waals surface area contributed by atoms with Crippen LogP contribution in [-0.2, 0) is 21.4 Å². The molecule has 12 heteroatoms. The molecule has 0 aliphatic carbocycles. The molecule has 2 aromatic heterocycles. The van der Waals surface area contributed by atoms with Crippen LogP contribution in [0, 0.1) is 0 Å². The number of hydrogen-bond acceptors (Lipinski definition) is 9. The molecule has 0 bridgehead atoms. The summed E-state index contributed by atoms with van der Waals surface area (Å²) in [6, 6.07) is 9.47. The van der Waals surface area contributed by atoms with E-state index in [1.807, 2.05) is 19.1 Å². The molecule has 2 heterocycles. The molecule has 0 aliphatic heterocycles. The van der Waals surface area contributed by atoms with Gasteiger partial charge in [0.05, 0.1) is 29.5 Å². The number of carbonyl (C=O) groups is 1. The van der Waals surface area contributed by atoms with Crippen molar-refractivity contribution in [2.45, 2.75) is 28.7 Å². The first-order chi connectivity index (χ1) is 13.8. The van der Waals surface area contributed by atoms with Crippen LogP contribution < -0.4 is 15.8 Å². The summed E-state index contributed by atoms with van der Waals surface area (Å²) in [6.07, 6.45) is 1.60. The van der Waals surface area contributed by atoms with Crippen molar-refractivity contribution in [2.75, 3.05) is 11.1 Å².